The summed E-state index contributed by atoms with van der Waals surface area (Å²) in [7, 11) is 0. The zero-order valence-electron chi connectivity index (χ0n) is 14.5. The summed E-state index contributed by atoms with van der Waals surface area (Å²) in [4.78, 5) is 26.5. The molecular formula is C20H17N3O4. The molecule has 2 aromatic carbocycles. The number of nitrogens with one attached hydrogen (secondary N) is 1. The summed E-state index contributed by atoms with van der Waals surface area (Å²) in [6.07, 6.45) is 2.18. The summed E-state index contributed by atoms with van der Waals surface area (Å²) in [5.41, 5.74) is 3.74. The molecule has 1 aliphatic heterocycles. The van der Waals surface area contributed by atoms with Gasteiger partial charge in [0.2, 0.25) is 0 Å². The molecule has 0 unspecified atom stereocenters. The fraction of sp³-hybridized carbons (Fsp3) is 0.250. The average Bonchev–Trinajstić information content (AvgIpc) is 3.35. The first-order valence-electron chi connectivity index (χ1n) is 8.96. The lowest BCUT2D eigenvalue weighted by Crippen LogP contribution is -2.21. The molecule has 1 fully saturated rings. The van der Waals surface area contributed by atoms with Crippen molar-refractivity contribution < 1.29 is 19.2 Å². The van der Waals surface area contributed by atoms with Gasteiger partial charge in [-0.3, -0.25) is 9.59 Å². The second kappa shape index (κ2) is 5.84. The first-order valence-corrected chi connectivity index (χ1v) is 8.96. The van der Waals surface area contributed by atoms with Crippen molar-refractivity contribution in [3.8, 4) is 11.3 Å². The van der Waals surface area contributed by atoms with Gasteiger partial charge in [0.05, 0.1) is 16.6 Å². The van der Waals surface area contributed by atoms with Crippen LogP contribution in [0, 0.1) is 0 Å². The van der Waals surface area contributed by atoms with E-state index in [1.807, 2.05) is 18.2 Å². The minimum Gasteiger partial charge on any atom is -0.480 e. The van der Waals surface area contributed by atoms with Gasteiger partial charge in [-0.15, -0.1) is 0 Å². The molecule has 7 heteroatoms. The second-order valence-corrected chi connectivity index (χ2v) is 6.87. The number of hydrogen-bond donors (Lipinski definition) is 2. The average molecular weight is 363 g/mol. The van der Waals surface area contributed by atoms with Crippen molar-refractivity contribution in [1.82, 2.24) is 5.16 Å². The number of aliphatic carboxylic acids is 1. The molecule has 2 aliphatic rings. The van der Waals surface area contributed by atoms with E-state index in [2.05, 4.69) is 15.4 Å². The molecule has 2 heterocycles. The van der Waals surface area contributed by atoms with Crippen molar-refractivity contribution in [2.45, 2.75) is 12.8 Å². The van der Waals surface area contributed by atoms with Crippen molar-refractivity contribution in [3.63, 3.8) is 0 Å². The van der Waals surface area contributed by atoms with Crippen molar-refractivity contribution >= 4 is 34.0 Å². The third kappa shape index (κ3) is 2.31. The van der Waals surface area contributed by atoms with E-state index in [0.29, 0.717) is 33.5 Å². The van der Waals surface area contributed by atoms with Gasteiger partial charge in [0, 0.05) is 29.9 Å². The predicted octanol–water partition coefficient (Wildman–Crippen LogP) is 3.14. The number of aromatic nitrogens is 1. The Labute approximate surface area is 154 Å². The number of carboxylic acids is 1. The zero-order valence-corrected chi connectivity index (χ0v) is 14.5. The highest BCUT2D eigenvalue weighted by molar-refractivity contribution is 6.28. The third-order valence-corrected chi connectivity index (χ3v) is 5.26. The van der Waals surface area contributed by atoms with Gasteiger partial charge in [-0.05, 0) is 18.9 Å². The molecule has 1 aliphatic carbocycles. The summed E-state index contributed by atoms with van der Waals surface area (Å²) in [5, 5.41) is 17.0. The van der Waals surface area contributed by atoms with Crippen LogP contribution in [0.15, 0.2) is 34.9 Å². The first-order chi connectivity index (χ1) is 13.1. The molecule has 1 saturated heterocycles. The van der Waals surface area contributed by atoms with E-state index in [-0.39, 0.29) is 12.3 Å². The van der Waals surface area contributed by atoms with Crippen LogP contribution >= 0.6 is 0 Å². The van der Waals surface area contributed by atoms with E-state index in [9.17, 15) is 9.59 Å². The number of ketones is 1. The summed E-state index contributed by atoms with van der Waals surface area (Å²) in [6.45, 7) is 1.53. The number of carbonyl (C=O) groups is 2. The van der Waals surface area contributed by atoms with Crippen molar-refractivity contribution in [2.24, 2.45) is 0 Å². The number of anilines is 2. The predicted molar refractivity (Wildman–Crippen MR) is 100 cm³/mol. The van der Waals surface area contributed by atoms with E-state index >= 15 is 0 Å². The molecule has 0 bridgehead atoms. The number of nitrogens with zero attached hydrogens (tertiary/aromatic N) is 2. The van der Waals surface area contributed by atoms with Crippen LogP contribution in [0.5, 0.6) is 0 Å². The monoisotopic (exact) mass is 363 g/mol. The molecule has 0 radical (unpaired) electrons. The van der Waals surface area contributed by atoms with E-state index in [1.54, 1.807) is 12.1 Å². The Morgan fingerprint density at radius 2 is 1.96 bits per heavy atom. The van der Waals surface area contributed by atoms with Gasteiger partial charge in [-0.25, -0.2) is 0 Å². The molecule has 5 rings (SSSR count). The van der Waals surface area contributed by atoms with Gasteiger partial charge in [0.15, 0.2) is 11.5 Å². The fourth-order valence-corrected chi connectivity index (χ4v) is 4.05. The number of carboxylic acid groups (broad SMARTS) is 1. The molecule has 7 nitrogen and oxygen atoms in total. The molecular weight excluding hydrogens is 346 g/mol. The lowest BCUT2D eigenvalue weighted by atomic mass is 9.86. The topological polar surface area (TPSA) is 95.7 Å². The number of fused-ring (bicyclic) bond motifs is 2. The lowest BCUT2D eigenvalue weighted by Gasteiger charge is -2.23. The Hall–Kier alpha value is -3.35. The SMILES string of the molecule is O=C(O)CNc1cc(N2CCCC2)c2noc3c2c1C(=O)c1ccccc1-3. The molecule has 27 heavy (non-hydrogen) atoms. The van der Waals surface area contributed by atoms with Gasteiger partial charge < -0.3 is 19.8 Å². The summed E-state index contributed by atoms with van der Waals surface area (Å²) in [5.74, 6) is -0.569. The van der Waals surface area contributed by atoms with Crippen molar-refractivity contribution in [1.29, 1.82) is 0 Å². The molecule has 2 N–H and O–H groups in total. The number of rotatable bonds is 4. The maximum absolute atomic E-state index is 13.2. The van der Waals surface area contributed by atoms with Gasteiger partial charge in [0.1, 0.15) is 12.1 Å². The largest absolute Gasteiger partial charge is 0.480 e. The summed E-state index contributed by atoms with van der Waals surface area (Å²) >= 11 is 0. The first kappa shape index (κ1) is 15.9. The van der Waals surface area contributed by atoms with Crippen LogP contribution in [0.4, 0.5) is 11.4 Å². The number of benzene rings is 2. The number of hydrogen-bond acceptors (Lipinski definition) is 6. The quantitative estimate of drug-likeness (QED) is 0.575. The molecule has 1 aromatic heterocycles. The Morgan fingerprint density at radius 1 is 1.22 bits per heavy atom. The fourth-order valence-electron chi connectivity index (χ4n) is 4.05. The van der Waals surface area contributed by atoms with Crippen LogP contribution in [0.25, 0.3) is 22.2 Å². The highest BCUT2D eigenvalue weighted by atomic mass is 16.5. The molecule has 0 amide bonds. The van der Waals surface area contributed by atoms with E-state index in [0.717, 1.165) is 37.2 Å². The second-order valence-electron chi connectivity index (χ2n) is 6.87. The highest BCUT2D eigenvalue weighted by Crippen LogP contribution is 2.46. The molecule has 0 spiro atoms. The smallest absolute Gasteiger partial charge is 0.322 e. The molecule has 0 atom stereocenters. The highest BCUT2D eigenvalue weighted by Gasteiger charge is 2.33. The van der Waals surface area contributed by atoms with Crippen LogP contribution in [0.3, 0.4) is 0 Å². The van der Waals surface area contributed by atoms with Crippen molar-refractivity contribution in [2.75, 3.05) is 29.9 Å². The summed E-state index contributed by atoms with van der Waals surface area (Å²) < 4.78 is 5.68. The van der Waals surface area contributed by atoms with E-state index in [4.69, 9.17) is 9.63 Å². The Morgan fingerprint density at radius 3 is 2.70 bits per heavy atom. The van der Waals surface area contributed by atoms with Crippen LogP contribution in [0.2, 0.25) is 0 Å². The zero-order chi connectivity index (χ0) is 18.5. The van der Waals surface area contributed by atoms with Gasteiger partial charge in [-0.2, -0.15) is 0 Å². The van der Waals surface area contributed by atoms with E-state index < -0.39 is 5.97 Å². The standard InChI is InChI=1S/C20H17N3O4/c24-15(25)10-21-13-9-14(23-7-3-4-8-23)18-17-16(13)19(26)11-5-1-2-6-12(11)20(17)27-22-18/h1-2,5-6,9,21H,3-4,7-8,10H2,(H,24,25). The summed E-state index contributed by atoms with van der Waals surface area (Å²) in [6, 6.07) is 9.11. The van der Waals surface area contributed by atoms with Crippen LogP contribution in [-0.2, 0) is 4.79 Å². The Balaban J connectivity index is 1.80. The molecule has 136 valence electrons. The minimum absolute atomic E-state index is 0.146. The van der Waals surface area contributed by atoms with Gasteiger partial charge in [-0.1, -0.05) is 29.4 Å². The molecule has 0 saturated carbocycles. The third-order valence-electron chi connectivity index (χ3n) is 5.26. The maximum atomic E-state index is 13.2. The van der Waals surface area contributed by atoms with Crippen LogP contribution < -0.4 is 10.2 Å². The Bertz CT molecular complexity index is 1100. The van der Waals surface area contributed by atoms with E-state index in [1.165, 1.54) is 0 Å². The Kier molecular flexibility index (Phi) is 3.43. The van der Waals surface area contributed by atoms with Crippen molar-refractivity contribution in [3.05, 3.63) is 41.5 Å². The maximum Gasteiger partial charge on any atom is 0.322 e. The van der Waals surface area contributed by atoms with Gasteiger partial charge in [0.25, 0.3) is 0 Å². The lowest BCUT2D eigenvalue weighted by molar-refractivity contribution is -0.134. The van der Waals surface area contributed by atoms with Crippen LogP contribution in [-0.4, -0.2) is 41.7 Å². The number of carbonyl (C=O) groups excluding carboxylic acids is 1. The normalized spacial score (nSPS) is 15.3. The molecule has 3 aromatic rings. The van der Waals surface area contributed by atoms with Crippen LogP contribution in [0.1, 0.15) is 28.8 Å². The van der Waals surface area contributed by atoms with Gasteiger partial charge >= 0.3 is 5.97 Å². The minimum atomic E-state index is -0.987.